The second-order valence-electron chi connectivity index (χ2n) is 5.86. The van der Waals surface area contributed by atoms with Crippen LogP contribution in [-0.2, 0) is 9.59 Å². The van der Waals surface area contributed by atoms with Crippen molar-refractivity contribution >= 4 is 23.2 Å². The molecule has 2 heterocycles. The van der Waals surface area contributed by atoms with Gasteiger partial charge in [0.15, 0.2) is 0 Å². The Morgan fingerprint density at radius 1 is 1.30 bits per heavy atom. The minimum Gasteiger partial charge on any atom is -0.340 e. The lowest BCUT2D eigenvalue weighted by Crippen LogP contribution is -2.67. The van der Waals surface area contributed by atoms with Gasteiger partial charge in [-0.3, -0.25) is 9.59 Å². The molecule has 1 spiro atoms. The summed E-state index contributed by atoms with van der Waals surface area (Å²) in [6, 6.07) is 2.00. The lowest BCUT2D eigenvalue weighted by Gasteiger charge is -2.46. The summed E-state index contributed by atoms with van der Waals surface area (Å²) < 4.78 is 0. The molecule has 0 bridgehead atoms. The summed E-state index contributed by atoms with van der Waals surface area (Å²) in [6.07, 6.45) is 4.76. The van der Waals surface area contributed by atoms with Gasteiger partial charge in [0, 0.05) is 0 Å². The largest absolute Gasteiger partial charge is 0.340 e. The SMILES string of the molecule is CC(c1ccsc1)N1CC(=O)NC2(CCCCC2)C1=O. The first-order chi connectivity index (χ1) is 9.62. The summed E-state index contributed by atoms with van der Waals surface area (Å²) in [4.78, 5) is 26.7. The zero-order chi connectivity index (χ0) is 14.2. The summed E-state index contributed by atoms with van der Waals surface area (Å²) in [5.41, 5.74) is 0.488. The molecular weight excluding hydrogens is 272 g/mol. The topological polar surface area (TPSA) is 49.4 Å². The zero-order valence-electron chi connectivity index (χ0n) is 11.7. The fourth-order valence-electron chi connectivity index (χ4n) is 3.36. The van der Waals surface area contributed by atoms with Crippen LogP contribution in [0.1, 0.15) is 50.6 Å². The predicted molar refractivity (Wildman–Crippen MR) is 78.4 cm³/mol. The van der Waals surface area contributed by atoms with Crippen molar-refractivity contribution in [2.75, 3.05) is 6.54 Å². The van der Waals surface area contributed by atoms with Crippen LogP contribution in [0.25, 0.3) is 0 Å². The van der Waals surface area contributed by atoms with Crippen LogP contribution in [-0.4, -0.2) is 28.8 Å². The van der Waals surface area contributed by atoms with E-state index in [2.05, 4.69) is 10.7 Å². The van der Waals surface area contributed by atoms with Crippen molar-refractivity contribution in [3.63, 3.8) is 0 Å². The van der Waals surface area contributed by atoms with Gasteiger partial charge in [-0.2, -0.15) is 11.3 Å². The zero-order valence-corrected chi connectivity index (χ0v) is 12.5. The maximum atomic E-state index is 12.9. The van der Waals surface area contributed by atoms with Crippen molar-refractivity contribution in [3.8, 4) is 0 Å². The number of hydrogen-bond acceptors (Lipinski definition) is 3. The second kappa shape index (κ2) is 5.20. The molecule has 2 aliphatic rings. The van der Waals surface area contributed by atoms with E-state index in [9.17, 15) is 9.59 Å². The molecule has 108 valence electrons. The second-order valence-corrected chi connectivity index (χ2v) is 6.64. The number of nitrogens with one attached hydrogen (secondary N) is 1. The van der Waals surface area contributed by atoms with E-state index in [-0.39, 0.29) is 24.4 Å². The summed E-state index contributed by atoms with van der Waals surface area (Å²) in [7, 11) is 0. The van der Waals surface area contributed by atoms with Crippen molar-refractivity contribution < 1.29 is 9.59 Å². The number of nitrogens with zero attached hydrogens (tertiary/aromatic N) is 1. The van der Waals surface area contributed by atoms with Gasteiger partial charge in [0.1, 0.15) is 12.1 Å². The predicted octanol–water partition coefficient (Wildman–Crippen LogP) is 2.47. The van der Waals surface area contributed by atoms with Gasteiger partial charge in [0.2, 0.25) is 11.8 Å². The minimum atomic E-state index is -0.627. The lowest BCUT2D eigenvalue weighted by molar-refractivity contribution is -0.153. The average molecular weight is 292 g/mol. The van der Waals surface area contributed by atoms with Gasteiger partial charge in [-0.05, 0) is 42.2 Å². The van der Waals surface area contributed by atoms with Crippen LogP contribution in [0, 0.1) is 0 Å². The quantitative estimate of drug-likeness (QED) is 0.910. The fraction of sp³-hybridized carbons (Fsp3) is 0.600. The maximum Gasteiger partial charge on any atom is 0.249 e. The number of thiophene rings is 1. The van der Waals surface area contributed by atoms with Crippen molar-refractivity contribution in [2.24, 2.45) is 0 Å². The van der Waals surface area contributed by atoms with E-state index in [1.165, 1.54) is 0 Å². The molecule has 1 unspecified atom stereocenters. The standard InChI is InChI=1S/C15H20N2O2S/c1-11(12-5-8-20-10-12)17-9-13(18)16-15(14(17)19)6-3-2-4-7-15/h5,8,10-11H,2-4,6-7,9H2,1H3,(H,16,18). The molecule has 5 heteroatoms. The first kappa shape index (κ1) is 13.6. The van der Waals surface area contributed by atoms with Crippen molar-refractivity contribution in [1.29, 1.82) is 0 Å². The van der Waals surface area contributed by atoms with Crippen LogP contribution in [0.15, 0.2) is 16.8 Å². The van der Waals surface area contributed by atoms with Crippen molar-refractivity contribution in [2.45, 2.75) is 50.6 Å². The smallest absolute Gasteiger partial charge is 0.249 e. The van der Waals surface area contributed by atoms with E-state index < -0.39 is 5.54 Å². The number of hydrogen-bond donors (Lipinski definition) is 1. The highest BCUT2D eigenvalue weighted by Gasteiger charge is 2.48. The fourth-order valence-corrected chi connectivity index (χ4v) is 4.11. The molecule has 2 amide bonds. The third-order valence-electron chi connectivity index (χ3n) is 4.56. The molecule has 3 rings (SSSR count). The Hall–Kier alpha value is -1.36. The monoisotopic (exact) mass is 292 g/mol. The number of carbonyl (C=O) groups excluding carboxylic acids is 2. The number of carbonyl (C=O) groups is 2. The van der Waals surface area contributed by atoms with E-state index in [1.54, 1.807) is 16.2 Å². The summed E-state index contributed by atoms with van der Waals surface area (Å²) in [6.45, 7) is 2.19. The molecular formula is C15H20N2O2S. The van der Waals surface area contributed by atoms with Crippen LogP contribution in [0.2, 0.25) is 0 Å². The van der Waals surface area contributed by atoms with Crippen molar-refractivity contribution in [3.05, 3.63) is 22.4 Å². The molecule has 1 aliphatic carbocycles. The van der Waals surface area contributed by atoms with Crippen LogP contribution >= 0.6 is 11.3 Å². The lowest BCUT2D eigenvalue weighted by atomic mass is 9.79. The number of piperazine rings is 1. The Balaban J connectivity index is 1.87. The molecule has 0 aromatic carbocycles. The molecule has 1 aliphatic heterocycles. The minimum absolute atomic E-state index is 0.0198. The summed E-state index contributed by atoms with van der Waals surface area (Å²) in [5, 5.41) is 7.05. The van der Waals surface area contributed by atoms with E-state index in [4.69, 9.17) is 0 Å². The normalized spacial score (nSPS) is 23.8. The molecule has 4 nitrogen and oxygen atoms in total. The highest BCUT2D eigenvalue weighted by atomic mass is 32.1. The van der Waals surface area contributed by atoms with E-state index in [0.29, 0.717) is 0 Å². The van der Waals surface area contributed by atoms with Gasteiger partial charge in [-0.15, -0.1) is 0 Å². The van der Waals surface area contributed by atoms with Gasteiger partial charge >= 0.3 is 0 Å². The van der Waals surface area contributed by atoms with Crippen LogP contribution < -0.4 is 5.32 Å². The van der Waals surface area contributed by atoms with Gasteiger partial charge in [0.25, 0.3) is 0 Å². The van der Waals surface area contributed by atoms with E-state index in [0.717, 1.165) is 37.7 Å². The van der Waals surface area contributed by atoms with E-state index in [1.807, 2.05) is 18.4 Å². The van der Waals surface area contributed by atoms with Crippen molar-refractivity contribution in [1.82, 2.24) is 10.2 Å². The highest BCUT2D eigenvalue weighted by Crippen LogP contribution is 2.35. The van der Waals surface area contributed by atoms with E-state index >= 15 is 0 Å². The third-order valence-corrected chi connectivity index (χ3v) is 5.26. The Morgan fingerprint density at radius 3 is 2.70 bits per heavy atom. The number of amides is 2. The Labute approximate surface area is 123 Å². The number of rotatable bonds is 2. The molecule has 1 atom stereocenters. The molecule has 1 saturated carbocycles. The molecule has 2 fully saturated rings. The summed E-state index contributed by atoms with van der Waals surface area (Å²) >= 11 is 1.62. The van der Waals surface area contributed by atoms with Gasteiger partial charge in [0.05, 0.1) is 6.04 Å². The Bertz CT molecular complexity index is 506. The highest BCUT2D eigenvalue weighted by molar-refractivity contribution is 7.07. The first-order valence-corrected chi connectivity index (χ1v) is 8.21. The molecule has 1 saturated heterocycles. The maximum absolute atomic E-state index is 12.9. The van der Waals surface area contributed by atoms with Gasteiger partial charge in [-0.1, -0.05) is 19.3 Å². The average Bonchev–Trinajstić information content (AvgIpc) is 2.97. The molecule has 20 heavy (non-hydrogen) atoms. The summed E-state index contributed by atoms with van der Waals surface area (Å²) in [5.74, 6) is 0.0871. The van der Waals surface area contributed by atoms with Crippen LogP contribution in [0.4, 0.5) is 0 Å². The van der Waals surface area contributed by atoms with Gasteiger partial charge in [-0.25, -0.2) is 0 Å². The third kappa shape index (κ3) is 2.24. The Kier molecular flexibility index (Phi) is 3.54. The van der Waals surface area contributed by atoms with Crippen LogP contribution in [0.5, 0.6) is 0 Å². The van der Waals surface area contributed by atoms with Crippen LogP contribution in [0.3, 0.4) is 0 Å². The molecule has 1 aromatic rings. The molecule has 0 radical (unpaired) electrons. The molecule has 1 N–H and O–H groups in total. The molecule has 1 aromatic heterocycles. The van der Waals surface area contributed by atoms with Gasteiger partial charge < -0.3 is 10.2 Å². The first-order valence-electron chi connectivity index (χ1n) is 7.27. The Morgan fingerprint density at radius 2 is 2.05 bits per heavy atom.